The van der Waals surface area contributed by atoms with Gasteiger partial charge in [0.1, 0.15) is 13.2 Å². The van der Waals surface area contributed by atoms with Crippen LogP contribution in [-0.2, 0) is 28.6 Å². The maximum atomic E-state index is 12.8. The van der Waals surface area contributed by atoms with E-state index >= 15 is 0 Å². The number of esters is 3. The van der Waals surface area contributed by atoms with Crippen molar-refractivity contribution in [3.8, 4) is 0 Å². The number of allylic oxidation sites excluding steroid dienone is 13. The van der Waals surface area contributed by atoms with Crippen molar-refractivity contribution in [1.82, 2.24) is 0 Å². The molecule has 6 heteroatoms. The molecule has 0 aliphatic rings. The van der Waals surface area contributed by atoms with Gasteiger partial charge in [-0.3, -0.25) is 14.4 Å². The van der Waals surface area contributed by atoms with Gasteiger partial charge in [-0.15, -0.1) is 0 Å². The predicted molar refractivity (Wildman–Crippen MR) is 293 cm³/mol. The zero-order chi connectivity index (χ0) is 49.3. The Bertz CT molecular complexity index is 1320. The number of hydrogen-bond donors (Lipinski definition) is 0. The van der Waals surface area contributed by atoms with Crippen LogP contribution >= 0.6 is 0 Å². The van der Waals surface area contributed by atoms with Crippen molar-refractivity contribution >= 4 is 17.9 Å². The summed E-state index contributed by atoms with van der Waals surface area (Å²) in [6, 6.07) is 0. The molecule has 0 aromatic heterocycles. The highest BCUT2D eigenvalue weighted by atomic mass is 16.6. The Morgan fingerprint density at radius 1 is 0.324 bits per heavy atom. The summed E-state index contributed by atoms with van der Waals surface area (Å²) < 4.78 is 16.7. The molecule has 0 spiro atoms. The van der Waals surface area contributed by atoms with Gasteiger partial charge in [0, 0.05) is 12.8 Å². The minimum atomic E-state index is -0.834. The standard InChI is InChI=1S/C62H106O6/c1-4-7-10-13-16-19-22-25-27-28-29-30-31-32-33-34-36-37-40-43-46-49-52-55-61(64)67-58-59(57-66-60(63)54-51-48-45-42-39-24-21-18-15-12-9-6-3)68-62(65)56-53-50-47-44-41-38-35-26-23-20-17-14-11-8-5-2/h8,11,17-18,20-21,26,28-29,35,41,44,50,53,59H,4-7,9-10,12-16,19,22-25,27,30-34,36-40,42-43,45-49,51-52,54-58H2,1-3H3/b11-8-,20-17-,21-18-,29-28-,35-26-,44-41-,53-50-. The monoisotopic (exact) mass is 947 g/mol. The first kappa shape index (κ1) is 64.6. The Morgan fingerprint density at radius 3 is 0.985 bits per heavy atom. The van der Waals surface area contributed by atoms with E-state index in [4.69, 9.17) is 14.2 Å². The first-order chi connectivity index (χ1) is 33.5. The van der Waals surface area contributed by atoms with Gasteiger partial charge in [0.25, 0.3) is 0 Å². The minimum absolute atomic E-state index is 0.0951. The molecule has 0 bridgehead atoms. The van der Waals surface area contributed by atoms with Gasteiger partial charge >= 0.3 is 17.9 Å². The van der Waals surface area contributed by atoms with Crippen LogP contribution in [0.25, 0.3) is 0 Å². The van der Waals surface area contributed by atoms with Gasteiger partial charge < -0.3 is 14.2 Å². The summed E-state index contributed by atoms with van der Waals surface area (Å²) in [5.74, 6) is -1.05. The SMILES string of the molecule is CC/C=C\C/C=C\C/C=C\C/C=C\C/C=C\CC(=O)OC(COC(=O)CCCCCCC/C=C\CCCCC)COC(=O)CCCCCCCCCCCCC/C=C\CCCCCCCCCC. The van der Waals surface area contributed by atoms with Crippen LogP contribution in [0, 0.1) is 0 Å². The van der Waals surface area contributed by atoms with E-state index in [1.807, 2.05) is 6.08 Å². The molecule has 0 saturated heterocycles. The molecule has 0 aliphatic heterocycles. The molecular weight excluding hydrogens is 841 g/mol. The lowest BCUT2D eigenvalue weighted by Crippen LogP contribution is -2.30. The van der Waals surface area contributed by atoms with E-state index in [-0.39, 0.29) is 31.6 Å². The fourth-order valence-electron chi connectivity index (χ4n) is 7.86. The molecule has 0 radical (unpaired) electrons. The average molecular weight is 948 g/mol. The van der Waals surface area contributed by atoms with Crippen molar-refractivity contribution in [1.29, 1.82) is 0 Å². The van der Waals surface area contributed by atoms with E-state index in [2.05, 4.69) is 93.7 Å². The Hall–Kier alpha value is -3.41. The Morgan fingerprint density at radius 2 is 0.618 bits per heavy atom. The third-order valence-corrected chi connectivity index (χ3v) is 12.1. The number of rotatable bonds is 51. The molecule has 0 aromatic rings. The molecule has 1 unspecified atom stereocenters. The van der Waals surface area contributed by atoms with Crippen LogP contribution in [0.3, 0.4) is 0 Å². The molecule has 68 heavy (non-hydrogen) atoms. The molecule has 0 N–H and O–H groups in total. The largest absolute Gasteiger partial charge is 0.462 e. The third-order valence-electron chi connectivity index (χ3n) is 12.1. The fourth-order valence-corrected chi connectivity index (χ4v) is 7.86. The maximum absolute atomic E-state index is 12.8. The van der Waals surface area contributed by atoms with Crippen molar-refractivity contribution in [3.05, 3.63) is 85.1 Å². The summed E-state index contributed by atoms with van der Waals surface area (Å²) in [7, 11) is 0. The molecule has 0 heterocycles. The van der Waals surface area contributed by atoms with Crippen LogP contribution in [0.15, 0.2) is 85.1 Å². The van der Waals surface area contributed by atoms with Gasteiger partial charge in [-0.05, 0) is 96.3 Å². The molecule has 0 rings (SSSR count). The van der Waals surface area contributed by atoms with E-state index in [9.17, 15) is 14.4 Å². The lowest BCUT2D eigenvalue weighted by molar-refractivity contribution is -0.166. The summed E-state index contributed by atoms with van der Waals surface area (Å²) >= 11 is 0. The molecule has 1 atom stereocenters. The zero-order valence-corrected chi connectivity index (χ0v) is 44.6. The second-order valence-corrected chi connectivity index (χ2v) is 18.8. The summed E-state index contributed by atoms with van der Waals surface area (Å²) in [5.41, 5.74) is 0. The first-order valence-corrected chi connectivity index (χ1v) is 28.6. The Kier molecular flexibility index (Phi) is 53.4. The highest BCUT2D eigenvalue weighted by molar-refractivity contribution is 5.72. The number of hydrogen-bond acceptors (Lipinski definition) is 6. The van der Waals surface area contributed by atoms with Gasteiger partial charge in [0.2, 0.25) is 0 Å². The Balaban J connectivity index is 4.38. The molecule has 0 aromatic carbocycles. The van der Waals surface area contributed by atoms with Gasteiger partial charge in [0.15, 0.2) is 6.10 Å². The van der Waals surface area contributed by atoms with Crippen LogP contribution in [0.1, 0.15) is 271 Å². The van der Waals surface area contributed by atoms with Crippen molar-refractivity contribution in [2.24, 2.45) is 0 Å². The number of carbonyl (C=O) groups excluding carboxylic acids is 3. The lowest BCUT2D eigenvalue weighted by atomic mass is 10.0. The van der Waals surface area contributed by atoms with Crippen molar-refractivity contribution in [3.63, 3.8) is 0 Å². The fraction of sp³-hybridized carbons (Fsp3) is 0.726. The van der Waals surface area contributed by atoms with Gasteiger partial charge in [-0.25, -0.2) is 0 Å². The molecule has 0 aliphatic carbocycles. The molecule has 0 saturated carbocycles. The number of ether oxygens (including phenoxy) is 3. The quantitative estimate of drug-likeness (QED) is 0.0262. The molecule has 6 nitrogen and oxygen atoms in total. The second-order valence-electron chi connectivity index (χ2n) is 18.8. The first-order valence-electron chi connectivity index (χ1n) is 28.6. The van der Waals surface area contributed by atoms with E-state index in [0.717, 1.165) is 83.5 Å². The predicted octanol–water partition coefficient (Wildman–Crippen LogP) is 19.2. The third kappa shape index (κ3) is 53.5. The molecular formula is C62H106O6. The van der Waals surface area contributed by atoms with Gasteiger partial charge in [-0.1, -0.05) is 241 Å². The van der Waals surface area contributed by atoms with Crippen molar-refractivity contribution < 1.29 is 28.6 Å². The highest BCUT2D eigenvalue weighted by Gasteiger charge is 2.19. The summed E-state index contributed by atoms with van der Waals surface area (Å²) in [5, 5.41) is 0. The van der Waals surface area contributed by atoms with Gasteiger partial charge in [0.05, 0.1) is 6.42 Å². The summed E-state index contributed by atoms with van der Waals surface area (Å²) in [6.07, 6.45) is 73.2. The number of unbranched alkanes of at least 4 members (excludes halogenated alkanes) is 27. The van der Waals surface area contributed by atoms with E-state index in [0.29, 0.717) is 12.8 Å². The van der Waals surface area contributed by atoms with Crippen LogP contribution in [-0.4, -0.2) is 37.2 Å². The van der Waals surface area contributed by atoms with Gasteiger partial charge in [-0.2, -0.15) is 0 Å². The topological polar surface area (TPSA) is 78.9 Å². The minimum Gasteiger partial charge on any atom is -0.462 e. The molecule has 0 amide bonds. The van der Waals surface area contributed by atoms with Crippen molar-refractivity contribution in [2.45, 2.75) is 277 Å². The van der Waals surface area contributed by atoms with E-state index < -0.39 is 12.1 Å². The van der Waals surface area contributed by atoms with Crippen molar-refractivity contribution in [2.75, 3.05) is 13.2 Å². The smallest absolute Gasteiger partial charge is 0.310 e. The van der Waals surface area contributed by atoms with Crippen LogP contribution < -0.4 is 0 Å². The lowest BCUT2D eigenvalue weighted by Gasteiger charge is -2.18. The summed E-state index contributed by atoms with van der Waals surface area (Å²) in [4.78, 5) is 38.0. The second kappa shape index (κ2) is 56.2. The molecule has 0 fully saturated rings. The Labute approximate surface area is 420 Å². The normalized spacial score (nSPS) is 12.7. The van der Waals surface area contributed by atoms with Crippen LogP contribution in [0.4, 0.5) is 0 Å². The van der Waals surface area contributed by atoms with Crippen LogP contribution in [0.5, 0.6) is 0 Å². The van der Waals surface area contributed by atoms with E-state index in [1.54, 1.807) is 6.08 Å². The zero-order valence-electron chi connectivity index (χ0n) is 44.6. The molecule has 390 valence electrons. The highest BCUT2D eigenvalue weighted by Crippen LogP contribution is 2.15. The average Bonchev–Trinajstić information content (AvgIpc) is 3.34. The maximum Gasteiger partial charge on any atom is 0.310 e. The summed E-state index contributed by atoms with van der Waals surface area (Å²) in [6.45, 7) is 6.42. The van der Waals surface area contributed by atoms with E-state index in [1.165, 1.54) is 148 Å². The van der Waals surface area contributed by atoms with Crippen LogP contribution in [0.2, 0.25) is 0 Å². The number of carbonyl (C=O) groups is 3.